The van der Waals surface area contributed by atoms with Gasteiger partial charge >= 0.3 is 0 Å². The molecule has 0 radical (unpaired) electrons. The van der Waals surface area contributed by atoms with E-state index >= 15 is 0 Å². The van der Waals surface area contributed by atoms with Gasteiger partial charge < -0.3 is 14.8 Å². The summed E-state index contributed by atoms with van der Waals surface area (Å²) in [5, 5.41) is 2.94. The van der Waals surface area contributed by atoms with Gasteiger partial charge in [-0.1, -0.05) is 25.7 Å². The fourth-order valence-corrected chi connectivity index (χ4v) is 3.23. The monoisotopic (exact) mass is 304 g/mol. The normalized spacial score (nSPS) is 18.3. The Hall–Kier alpha value is -1.75. The molecule has 0 bridgehead atoms. The van der Waals surface area contributed by atoms with Gasteiger partial charge in [-0.15, -0.1) is 0 Å². The molecule has 2 aliphatic rings. The lowest BCUT2D eigenvalue weighted by Gasteiger charge is -2.26. The number of nitrogens with one attached hydrogen (secondary N) is 1. The Kier molecular flexibility index (Phi) is 4.83. The van der Waals surface area contributed by atoms with Crippen molar-refractivity contribution in [3.05, 3.63) is 18.2 Å². The number of likely N-dealkylation sites (N-methyl/N-ethyl adjacent to an activating group) is 1. The van der Waals surface area contributed by atoms with E-state index in [9.17, 15) is 4.79 Å². The summed E-state index contributed by atoms with van der Waals surface area (Å²) in [6, 6.07) is 6.01. The molecule has 1 fully saturated rings. The Labute approximate surface area is 131 Å². The van der Waals surface area contributed by atoms with E-state index in [2.05, 4.69) is 17.3 Å². The number of fused-ring (bicyclic) bond motifs is 1. The molecule has 1 N–H and O–H groups in total. The number of benzene rings is 1. The van der Waals surface area contributed by atoms with Crippen molar-refractivity contribution in [1.82, 2.24) is 4.90 Å². The van der Waals surface area contributed by atoms with Gasteiger partial charge in [0.05, 0.1) is 6.54 Å². The van der Waals surface area contributed by atoms with E-state index in [1.54, 1.807) is 0 Å². The smallest absolute Gasteiger partial charge is 0.238 e. The van der Waals surface area contributed by atoms with Crippen molar-refractivity contribution in [2.75, 3.05) is 25.7 Å². The first-order valence-corrected chi connectivity index (χ1v) is 8.12. The average Bonchev–Trinajstić information content (AvgIpc) is 2.79. The van der Waals surface area contributed by atoms with Crippen LogP contribution in [0.15, 0.2) is 18.2 Å². The third-order valence-electron chi connectivity index (χ3n) is 4.50. The van der Waals surface area contributed by atoms with E-state index in [0.29, 0.717) is 18.3 Å². The Morgan fingerprint density at radius 1 is 1.18 bits per heavy atom. The molecule has 0 saturated heterocycles. The predicted molar refractivity (Wildman–Crippen MR) is 85.3 cm³/mol. The maximum absolute atomic E-state index is 12.2. The lowest BCUT2D eigenvalue weighted by atomic mass is 10.1. The molecule has 1 aliphatic heterocycles. The highest BCUT2D eigenvalue weighted by atomic mass is 16.7. The quantitative estimate of drug-likeness (QED) is 0.869. The van der Waals surface area contributed by atoms with Crippen LogP contribution in [0.1, 0.15) is 38.5 Å². The third-order valence-corrected chi connectivity index (χ3v) is 4.50. The van der Waals surface area contributed by atoms with Crippen LogP contribution in [0.2, 0.25) is 0 Å². The van der Waals surface area contributed by atoms with Crippen molar-refractivity contribution in [2.24, 2.45) is 0 Å². The largest absolute Gasteiger partial charge is 0.454 e. The van der Waals surface area contributed by atoms with Crippen molar-refractivity contribution in [3.8, 4) is 11.5 Å². The molecule has 1 saturated carbocycles. The van der Waals surface area contributed by atoms with Crippen LogP contribution in [-0.4, -0.2) is 37.2 Å². The van der Waals surface area contributed by atoms with Gasteiger partial charge in [-0.3, -0.25) is 9.69 Å². The van der Waals surface area contributed by atoms with Gasteiger partial charge in [0.15, 0.2) is 11.5 Å². The maximum Gasteiger partial charge on any atom is 0.238 e. The summed E-state index contributed by atoms with van der Waals surface area (Å²) in [6.45, 7) is 0.677. The van der Waals surface area contributed by atoms with Gasteiger partial charge in [0.25, 0.3) is 0 Å². The molecule has 0 unspecified atom stereocenters. The molecule has 5 nitrogen and oxygen atoms in total. The van der Waals surface area contributed by atoms with Crippen molar-refractivity contribution in [1.29, 1.82) is 0 Å². The van der Waals surface area contributed by atoms with E-state index in [0.717, 1.165) is 11.4 Å². The molecule has 5 heteroatoms. The zero-order chi connectivity index (χ0) is 15.4. The zero-order valence-corrected chi connectivity index (χ0v) is 13.1. The summed E-state index contributed by atoms with van der Waals surface area (Å²) in [6.07, 6.45) is 7.61. The number of ether oxygens (including phenoxy) is 2. The van der Waals surface area contributed by atoms with Crippen molar-refractivity contribution in [3.63, 3.8) is 0 Å². The van der Waals surface area contributed by atoms with Gasteiger partial charge in [-0.25, -0.2) is 0 Å². The van der Waals surface area contributed by atoms with Crippen LogP contribution in [0.3, 0.4) is 0 Å². The van der Waals surface area contributed by atoms with Crippen LogP contribution in [0.4, 0.5) is 5.69 Å². The summed E-state index contributed by atoms with van der Waals surface area (Å²) in [5.41, 5.74) is 0.753. The summed E-state index contributed by atoms with van der Waals surface area (Å²) in [5.74, 6) is 1.44. The van der Waals surface area contributed by atoms with Crippen LogP contribution in [-0.2, 0) is 4.79 Å². The number of carbonyl (C=O) groups excluding carboxylic acids is 1. The lowest BCUT2D eigenvalue weighted by Crippen LogP contribution is -2.37. The van der Waals surface area contributed by atoms with Gasteiger partial charge in [0.2, 0.25) is 12.7 Å². The Balaban J connectivity index is 1.53. The number of rotatable bonds is 4. The maximum atomic E-state index is 12.2. The highest BCUT2D eigenvalue weighted by Gasteiger charge is 2.19. The van der Waals surface area contributed by atoms with Gasteiger partial charge in [-0.2, -0.15) is 0 Å². The number of carbonyl (C=O) groups is 1. The van der Waals surface area contributed by atoms with E-state index in [1.807, 2.05) is 18.2 Å². The van der Waals surface area contributed by atoms with Crippen molar-refractivity contribution >= 4 is 11.6 Å². The molecule has 0 spiro atoms. The minimum absolute atomic E-state index is 0.0191. The summed E-state index contributed by atoms with van der Waals surface area (Å²) >= 11 is 0. The topological polar surface area (TPSA) is 50.8 Å². The Morgan fingerprint density at radius 2 is 1.91 bits per heavy atom. The van der Waals surface area contributed by atoms with Crippen LogP contribution < -0.4 is 14.8 Å². The zero-order valence-electron chi connectivity index (χ0n) is 13.1. The van der Waals surface area contributed by atoms with Crippen molar-refractivity contribution in [2.45, 2.75) is 44.6 Å². The van der Waals surface area contributed by atoms with Gasteiger partial charge in [0, 0.05) is 17.8 Å². The van der Waals surface area contributed by atoms with Gasteiger partial charge in [-0.05, 0) is 32.0 Å². The summed E-state index contributed by atoms with van der Waals surface area (Å²) < 4.78 is 10.6. The molecule has 0 atom stereocenters. The molecule has 1 aliphatic carbocycles. The summed E-state index contributed by atoms with van der Waals surface area (Å²) in [4.78, 5) is 14.4. The third kappa shape index (κ3) is 3.71. The molecular weight excluding hydrogens is 280 g/mol. The average molecular weight is 304 g/mol. The standard InChI is InChI=1S/C17H24N2O3/c1-19(14-6-4-2-3-5-7-14)11-17(20)18-13-8-9-15-16(10-13)22-12-21-15/h8-10,14H,2-7,11-12H2,1H3,(H,18,20). The van der Waals surface area contributed by atoms with Crippen LogP contribution in [0.25, 0.3) is 0 Å². The van der Waals surface area contributed by atoms with Crippen LogP contribution in [0.5, 0.6) is 11.5 Å². The van der Waals surface area contributed by atoms with E-state index in [4.69, 9.17) is 9.47 Å². The number of nitrogens with zero attached hydrogens (tertiary/aromatic N) is 1. The molecule has 1 aromatic carbocycles. The highest BCUT2D eigenvalue weighted by molar-refractivity contribution is 5.92. The van der Waals surface area contributed by atoms with Crippen LogP contribution in [0, 0.1) is 0 Å². The lowest BCUT2D eigenvalue weighted by molar-refractivity contribution is -0.117. The molecule has 3 rings (SSSR count). The minimum atomic E-state index is 0.0191. The molecule has 22 heavy (non-hydrogen) atoms. The number of anilines is 1. The number of amides is 1. The fraction of sp³-hybridized carbons (Fsp3) is 0.588. The minimum Gasteiger partial charge on any atom is -0.454 e. The van der Waals surface area contributed by atoms with Crippen molar-refractivity contribution < 1.29 is 14.3 Å². The first-order valence-electron chi connectivity index (χ1n) is 8.12. The van der Waals surface area contributed by atoms with Gasteiger partial charge in [0.1, 0.15) is 0 Å². The first kappa shape index (κ1) is 15.2. The van der Waals surface area contributed by atoms with Crippen LogP contribution >= 0.6 is 0 Å². The molecule has 0 aromatic heterocycles. The molecule has 1 aromatic rings. The second-order valence-electron chi connectivity index (χ2n) is 6.18. The van der Waals surface area contributed by atoms with E-state index < -0.39 is 0 Å². The molecule has 1 heterocycles. The van der Waals surface area contributed by atoms with E-state index in [-0.39, 0.29) is 12.7 Å². The Bertz CT molecular complexity index is 525. The fourth-order valence-electron chi connectivity index (χ4n) is 3.23. The Morgan fingerprint density at radius 3 is 2.68 bits per heavy atom. The number of hydrogen-bond acceptors (Lipinski definition) is 4. The predicted octanol–water partition coefficient (Wildman–Crippen LogP) is 3.01. The number of hydrogen-bond donors (Lipinski definition) is 1. The molecular formula is C17H24N2O3. The second kappa shape index (κ2) is 7.01. The molecule has 120 valence electrons. The van der Waals surface area contributed by atoms with E-state index in [1.165, 1.54) is 38.5 Å². The first-order chi connectivity index (χ1) is 10.7. The summed E-state index contributed by atoms with van der Waals surface area (Å²) in [7, 11) is 2.05. The molecule has 1 amide bonds. The highest BCUT2D eigenvalue weighted by Crippen LogP contribution is 2.34. The SMILES string of the molecule is CN(CC(=O)Nc1ccc2c(c1)OCO2)C1CCCCCC1. The second-order valence-corrected chi connectivity index (χ2v) is 6.18.